The van der Waals surface area contributed by atoms with Gasteiger partial charge in [0.05, 0.1) is 18.3 Å². The summed E-state index contributed by atoms with van der Waals surface area (Å²) in [6.45, 7) is 5.87. The number of ether oxygens (including phenoxy) is 3. The molecule has 0 saturated heterocycles. The molecule has 0 saturated carbocycles. The Bertz CT molecular complexity index is 671. The van der Waals surface area contributed by atoms with Crippen molar-refractivity contribution in [3.8, 4) is 23.1 Å². The Morgan fingerprint density at radius 2 is 1.72 bits per heavy atom. The molecule has 0 aliphatic carbocycles. The molecule has 1 atom stereocenters. The third kappa shape index (κ3) is 6.58. The fourth-order valence-corrected chi connectivity index (χ4v) is 1.97. The Hall–Kier alpha value is -2.96. The third-order valence-corrected chi connectivity index (χ3v) is 3.00. The second kappa shape index (κ2) is 8.77. The zero-order chi connectivity index (χ0) is 18.2. The number of carbonyl (C=O) groups is 1. The van der Waals surface area contributed by atoms with E-state index in [9.17, 15) is 4.79 Å². The molecule has 1 amide bonds. The number of nitrogens with zero attached hydrogens (tertiary/aromatic N) is 1. The van der Waals surface area contributed by atoms with Gasteiger partial charge in [0.25, 0.3) is 0 Å². The number of rotatable bonds is 8. The molecule has 2 N–H and O–H groups in total. The zero-order valence-electron chi connectivity index (χ0n) is 14.4. The maximum atomic E-state index is 10.5. The molecular formula is C18H22N2O5. The first-order chi connectivity index (χ1) is 11.9. The minimum atomic E-state index is -1.07. The van der Waals surface area contributed by atoms with Crippen molar-refractivity contribution in [3.63, 3.8) is 0 Å². The zero-order valence-corrected chi connectivity index (χ0v) is 14.4. The van der Waals surface area contributed by atoms with Crippen LogP contribution < -0.4 is 19.5 Å². The molecule has 134 valence electrons. The highest BCUT2D eigenvalue weighted by Crippen LogP contribution is 2.24. The van der Waals surface area contributed by atoms with Gasteiger partial charge < -0.3 is 24.6 Å². The van der Waals surface area contributed by atoms with Crippen molar-refractivity contribution in [3.05, 3.63) is 42.6 Å². The molecule has 0 spiro atoms. The Morgan fingerprint density at radius 1 is 1.08 bits per heavy atom. The van der Waals surface area contributed by atoms with Crippen molar-refractivity contribution in [1.29, 1.82) is 0 Å². The van der Waals surface area contributed by atoms with E-state index in [0.717, 1.165) is 0 Å². The van der Waals surface area contributed by atoms with Gasteiger partial charge in [-0.15, -0.1) is 0 Å². The summed E-state index contributed by atoms with van der Waals surface area (Å²) in [6.07, 6.45) is 0.635. The predicted octanol–water partition coefficient (Wildman–Crippen LogP) is 3.70. The molecule has 0 aliphatic rings. The van der Waals surface area contributed by atoms with E-state index in [1.807, 2.05) is 13.8 Å². The van der Waals surface area contributed by atoms with Crippen molar-refractivity contribution >= 4 is 6.09 Å². The van der Waals surface area contributed by atoms with E-state index >= 15 is 0 Å². The van der Waals surface area contributed by atoms with E-state index in [1.54, 1.807) is 49.5 Å². The molecule has 1 unspecified atom stereocenters. The van der Waals surface area contributed by atoms with E-state index in [4.69, 9.17) is 19.3 Å². The van der Waals surface area contributed by atoms with Crippen LogP contribution >= 0.6 is 0 Å². The topological polar surface area (TPSA) is 89.9 Å². The van der Waals surface area contributed by atoms with Crippen LogP contribution in [0, 0.1) is 0 Å². The Labute approximate surface area is 146 Å². The van der Waals surface area contributed by atoms with Crippen LogP contribution in [0.4, 0.5) is 4.79 Å². The molecule has 1 heterocycles. The molecule has 2 rings (SSSR count). The maximum absolute atomic E-state index is 10.5. The smallest absolute Gasteiger partial charge is 0.404 e. The van der Waals surface area contributed by atoms with E-state index in [-0.39, 0.29) is 18.8 Å². The van der Waals surface area contributed by atoms with Crippen LogP contribution in [0.15, 0.2) is 42.6 Å². The lowest BCUT2D eigenvalue weighted by atomic mass is 10.3. The van der Waals surface area contributed by atoms with E-state index < -0.39 is 6.09 Å². The van der Waals surface area contributed by atoms with Gasteiger partial charge in [0.15, 0.2) is 0 Å². The van der Waals surface area contributed by atoms with Gasteiger partial charge in [-0.1, -0.05) is 0 Å². The lowest BCUT2D eigenvalue weighted by molar-refractivity contribution is 0.183. The average Bonchev–Trinajstić information content (AvgIpc) is 2.55. The van der Waals surface area contributed by atoms with Crippen LogP contribution in [-0.4, -0.2) is 34.9 Å². The minimum absolute atomic E-state index is 0.0922. The van der Waals surface area contributed by atoms with Gasteiger partial charge in [0, 0.05) is 6.07 Å². The Balaban J connectivity index is 1.86. The second-order valence-corrected chi connectivity index (χ2v) is 5.73. The summed E-state index contributed by atoms with van der Waals surface area (Å²) in [5.74, 6) is 2.40. The molecule has 0 bridgehead atoms. The summed E-state index contributed by atoms with van der Waals surface area (Å²) in [5.41, 5.74) is 0. The average molecular weight is 346 g/mol. The number of amides is 1. The molecule has 1 aromatic carbocycles. The van der Waals surface area contributed by atoms with Gasteiger partial charge >= 0.3 is 6.09 Å². The van der Waals surface area contributed by atoms with Crippen LogP contribution in [-0.2, 0) is 0 Å². The number of pyridine rings is 1. The molecule has 7 nitrogen and oxygen atoms in total. The number of hydrogen-bond donors (Lipinski definition) is 2. The summed E-state index contributed by atoms with van der Waals surface area (Å²) in [4.78, 5) is 14.7. The molecule has 0 radical (unpaired) electrons. The summed E-state index contributed by atoms with van der Waals surface area (Å²) in [7, 11) is 0. The van der Waals surface area contributed by atoms with Gasteiger partial charge in [-0.25, -0.2) is 9.78 Å². The number of nitrogens with one attached hydrogen (secondary N) is 1. The maximum Gasteiger partial charge on any atom is 0.404 e. The summed E-state index contributed by atoms with van der Waals surface area (Å²) in [6, 6.07) is 10.2. The summed E-state index contributed by atoms with van der Waals surface area (Å²) < 4.78 is 16.7. The van der Waals surface area contributed by atoms with Crippen molar-refractivity contribution in [2.75, 3.05) is 6.61 Å². The number of aromatic nitrogens is 1. The Kier molecular flexibility index (Phi) is 6.45. The lowest BCUT2D eigenvalue weighted by Crippen LogP contribution is -2.35. The minimum Gasteiger partial charge on any atom is -0.491 e. The van der Waals surface area contributed by atoms with Crippen LogP contribution in [0.3, 0.4) is 0 Å². The van der Waals surface area contributed by atoms with Crippen molar-refractivity contribution in [1.82, 2.24) is 10.3 Å². The van der Waals surface area contributed by atoms with Crippen molar-refractivity contribution < 1.29 is 24.1 Å². The van der Waals surface area contributed by atoms with E-state index in [1.165, 1.54) is 0 Å². The van der Waals surface area contributed by atoms with Gasteiger partial charge in [-0.05, 0) is 51.1 Å². The highest BCUT2D eigenvalue weighted by Gasteiger charge is 2.06. The first-order valence-corrected chi connectivity index (χ1v) is 7.95. The van der Waals surface area contributed by atoms with Gasteiger partial charge in [-0.2, -0.15) is 0 Å². The van der Waals surface area contributed by atoms with Crippen LogP contribution in [0.1, 0.15) is 20.8 Å². The fraction of sp³-hybridized carbons (Fsp3) is 0.333. The monoisotopic (exact) mass is 346 g/mol. The SMILES string of the molecule is CC(COc1ccc(Oc2ccc(OC(C)C)cn2)cc1)NC(=O)O. The molecule has 1 aromatic heterocycles. The summed E-state index contributed by atoms with van der Waals surface area (Å²) in [5, 5.41) is 10.9. The molecular weight excluding hydrogens is 324 g/mol. The van der Waals surface area contributed by atoms with E-state index in [0.29, 0.717) is 23.1 Å². The highest BCUT2D eigenvalue weighted by atomic mass is 16.5. The van der Waals surface area contributed by atoms with E-state index in [2.05, 4.69) is 10.3 Å². The molecule has 2 aromatic rings. The largest absolute Gasteiger partial charge is 0.491 e. The first kappa shape index (κ1) is 18.4. The quantitative estimate of drug-likeness (QED) is 0.757. The third-order valence-electron chi connectivity index (χ3n) is 3.00. The van der Waals surface area contributed by atoms with Crippen molar-refractivity contribution in [2.45, 2.75) is 32.9 Å². The normalized spacial score (nSPS) is 11.7. The summed E-state index contributed by atoms with van der Waals surface area (Å²) >= 11 is 0. The fourth-order valence-electron chi connectivity index (χ4n) is 1.97. The van der Waals surface area contributed by atoms with Crippen LogP contribution in [0.5, 0.6) is 23.1 Å². The van der Waals surface area contributed by atoms with Crippen LogP contribution in [0.2, 0.25) is 0 Å². The first-order valence-electron chi connectivity index (χ1n) is 7.95. The van der Waals surface area contributed by atoms with Crippen molar-refractivity contribution in [2.24, 2.45) is 0 Å². The second-order valence-electron chi connectivity index (χ2n) is 5.73. The van der Waals surface area contributed by atoms with Gasteiger partial charge in [0.1, 0.15) is 23.9 Å². The number of benzene rings is 1. The molecule has 0 fully saturated rings. The van der Waals surface area contributed by atoms with Gasteiger partial charge in [0.2, 0.25) is 5.88 Å². The van der Waals surface area contributed by atoms with Gasteiger partial charge in [-0.3, -0.25) is 0 Å². The number of carboxylic acid groups (broad SMARTS) is 1. The number of hydrogen-bond acceptors (Lipinski definition) is 5. The highest BCUT2D eigenvalue weighted by molar-refractivity contribution is 5.64. The standard InChI is InChI=1S/C18H22N2O5/c1-12(2)24-16-8-9-17(19-10-16)25-15-6-4-14(5-7-15)23-11-13(3)20-18(21)22/h4-10,12-13,20H,11H2,1-3H3,(H,21,22). The molecule has 0 aliphatic heterocycles. The predicted molar refractivity (Wildman–Crippen MR) is 92.6 cm³/mol. The molecule has 25 heavy (non-hydrogen) atoms. The van der Waals surface area contributed by atoms with Crippen LogP contribution in [0.25, 0.3) is 0 Å². The lowest BCUT2D eigenvalue weighted by Gasteiger charge is -2.13. The Morgan fingerprint density at radius 3 is 2.28 bits per heavy atom. The molecule has 7 heteroatoms.